The van der Waals surface area contributed by atoms with Gasteiger partial charge >= 0.3 is 0 Å². The number of hydrogen-bond donors (Lipinski definition) is 1. The number of nitrogens with zero attached hydrogens (tertiary/aromatic N) is 4. The van der Waals surface area contributed by atoms with Crippen LogP contribution in [0.1, 0.15) is 36.6 Å². The Hall–Kier alpha value is -2.59. The molecule has 2 aromatic rings. The third-order valence-electron chi connectivity index (χ3n) is 3.88. The summed E-state index contributed by atoms with van der Waals surface area (Å²) in [6, 6.07) is 9.05. The fourth-order valence-electron chi connectivity index (χ4n) is 2.49. The summed E-state index contributed by atoms with van der Waals surface area (Å²) in [6.07, 6.45) is 4.51. The first-order chi connectivity index (χ1) is 12.2. The third-order valence-corrected chi connectivity index (χ3v) is 4.85. The van der Waals surface area contributed by atoms with Gasteiger partial charge in [0.15, 0.2) is 5.16 Å². The normalized spacial score (nSPS) is 13.2. The Morgan fingerprint density at radius 2 is 2.24 bits per heavy atom. The first-order valence-electron chi connectivity index (χ1n) is 8.18. The zero-order valence-corrected chi connectivity index (χ0v) is 14.6. The molecule has 1 aliphatic carbocycles. The van der Waals surface area contributed by atoms with E-state index in [1.54, 1.807) is 24.3 Å². The SMILES string of the molecule is C=CCn1c(SCCC(=O)Nc2ccccc2C#N)nnc1C1CC1. The second-order valence-electron chi connectivity index (χ2n) is 5.82. The quantitative estimate of drug-likeness (QED) is 0.581. The number of carbonyl (C=O) groups is 1. The van der Waals surface area contributed by atoms with E-state index in [4.69, 9.17) is 5.26 Å². The highest BCUT2D eigenvalue weighted by molar-refractivity contribution is 7.99. The van der Waals surface area contributed by atoms with Crippen LogP contribution in [0.3, 0.4) is 0 Å². The fourth-order valence-corrected chi connectivity index (χ4v) is 3.38. The van der Waals surface area contributed by atoms with Crippen molar-refractivity contribution in [2.45, 2.75) is 36.9 Å². The van der Waals surface area contributed by atoms with Gasteiger partial charge in [-0.05, 0) is 25.0 Å². The summed E-state index contributed by atoms with van der Waals surface area (Å²) in [6.45, 7) is 4.48. The maximum atomic E-state index is 12.1. The van der Waals surface area contributed by atoms with Gasteiger partial charge in [0.2, 0.25) is 5.91 Å². The van der Waals surface area contributed by atoms with Crippen molar-refractivity contribution < 1.29 is 4.79 Å². The van der Waals surface area contributed by atoms with Crippen LogP contribution in [0.25, 0.3) is 0 Å². The molecular weight excluding hydrogens is 334 g/mol. The molecule has 1 fully saturated rings. The highest BCUT2D eigenvalue weighted by Crippen LogP contribution is 2.40. The van der Waals surface area contributed by atoms with Crippen molar-refractivity contribution in [3.8, 4) is 6.07 Å². The Balaban J connectivity index is 1.55. The topological polar surface area (TPSA) is 83.6 Å². The fraction of sp³-hybridized carbons (Fsp3) is 0.333. The number of anilines is 1. The van der Waals surface area contributed by atoms with Crippen LogP contribution in [0.5, 0.6) is 0 Å². The number of rotatable bonds is 8. The molecule has 1 saturated carbocycles. The van der Waals surface area contributed by atoms with E-state index in [2.05, 4.69) is 32.7 Å². The summed E-state index contributed by atoms with van der Waals surface area (Å²) in [7, 11) is 0. The van der Waals surface area contributed by atoms with E-state index in [0.29, 0.717) is 35.9 Å². The van der Waals surface area contributed by atoms with E-state index in [1.807, 2.05) is 6.08 Å². The molecule has 1 aromatic carbocycles. The van der Waals surface area contributed by atoms with Crippen LogP contribution in [0.2, 0.25) is 0 Å². The zero-order chi connectivity index (χ0) is 17.6. The molecule has 0 unspecified atom stereocenters. The van der Waals surface area contributed by atoms with E-state index in [9.17, 15) is 4.79 Å². The minimum Gasteiger partial charge on any atom is -0.325 e. The lowest BCUT2D eigenvalue weighted by atomic mass is 10.2. The lowest BCUT2D eigenvalue weighted by Crippen LogP contribution is -2.13. The molecule has 6 nitrogen and oxygen atoms in total. The van der Waals surface area contributed by atoms with Crippen LogP contribution >= 0.6 is 11.8 Å². The molecule has 1 aromatic heterocycles. The average Bonchev–Trinajstić information content (AvgIpc) is 3.39. The molecule has 0 radical (unpaired) electrons. The van der Waals surface area contributed by atoms with Crippen molar-refractivity contribution in [3.05, 3.63) is 48.3 Å². The van der Waals surface area contributed by atoms with Gasteiger partial charge in [0.25, 0.3) is 0 Å². The second-order valence-corrected chi connectivity index (χ2v) is 6.88. The highest BCUT2D eigenvalue weighted by atomic mass is 32.2. The van der Waals surface area contributed by atoms with E-state index in [0.717, 1.165) is 11.0 Å². The van der Waals surface area contributed by atoms with Gasteiger partial charge in [-0.15, -0.1) is 16.8 Å². The highest BCUT2D eigenvalue weighted by Gasteiger charge is 2.30. The van der Waals surface area contributed by atoms with Gasteiger partial charge in [0.1, 0.15) is 11.9 Å². The van der Waals surface area contributed by atoms with Crippen LogP contribution in [0.15, 0.2) is 42.1 Å². The molecule has 1 aliphatic rings. The number of hydrogen-bond acceptors (Lipinski definition) is 5. The number of nitriles is 1. The molecule has 7 heteroatoms. The number of aromatic nitrogens is 3. The van der Waals surface area contributed by atoms with Crippen molar-refractivity contribution in [2.75, 3.05) is 11.1 Å². The number of para-hydroxylation sites is 1. The summed E-state index contributed by atoms with van der Waals surface area (Å²) in [5.41, 5.74) is 1.01. The summed E-state index contributed by atoms with van der Waals surface area (Å²) < 4.78 is 2.08. The van der Waals surface area contributed by atoms with Gasteiger partial charge in [0, 0.05) is 24.6 Å². The van der Waals surface area contributed by atoms with Gasteiger partial charge in [-0.3, -0.25) is 4.79 Å². The second kappa shape index (κ2) is 7.99. The van der Waals surface area contributed by atoms with Gasteiger partial charge in [-0.25, -0.2) is 0 Å². The Bertz CT molecular complexity index is 819. The molecule has 1 heterocycles. The number of amides is 1. The maximum Gasteiger partial charge on any atom is 0.225 e. The molecule has 1 amide bonds. The van der Waals surface area contributed by atoms with Crippen molar-refractivity contribution in [1.82, 2.24) is 14.8 Å². The molecule has 3 rings (SSSR count). The molecule has 1 N–H and O–H groups in total. The summed E-state index contributed by atoms with van der Waals surface area (Å²) in [5.74, 6) is 2.02. The van der Waals surface area contributed by atoms with Gasteiger partial charge in [-0.2, -0.15) is 5.26 Å². The molecule has 0 atom stereocenters. The van der Waals surface area contributed by atoms with Gasteiger partial charge < -0.3 is 9.88 Å². The van der Waals surface area contributed by atoms with Crippen LogP contribution in [-0.4, -0.2) is 26.4 Å². The molecule has 0 bridgehead atoms. The van der Waals surface area contributed by atoms with Gasteiger partial charge in [0.05, 0.1) is 11.3 Å². The van der Waals surface area contributed by atoms with Crippen LogP contribution in [0, 0.1) is 11.3 Å². The number of thioether (sulfide) groups is 1. The molecule has 0 spiro atoms. The van der Waals surface area contributed by atoms with E-state index >= 15 is 0 Å². The zero-order valence-electron chi connectivity index (χ0n) is 13.8. The van der Waals surface area contributed by atoms with Gasteiger partial charge in [-0.1, -0.05) is 30.0 Å². The van der Waals surface area contributed by atoms with Crippen molar-refractivity contribution in [2.24, 2.45) is 0 Å². The molecule has 0 saturated heterocycles. The maximum absolute atomic E-state index is 12.1. The van der Waals surface area contributed by atoms with E-state index in [-0.39, 0.29) is 5.91 Å². The average molecular weight is 353 g/mol. The molecule has 0 aliphatic heterocycles. The van der Waals surface area contributed by atoms with Crippen molar-refractivity contribution in [1.29, 1.82) is 5.26 Å². The predicted octanol–water partition coefficient (Wildman–Crippen LogP) is 3.33. The Morgan fingerprint density at radius 1 is 1.44 bits per heavy atom. The first-order valence-corrected chi connectivity index (χ1v) is 9.17. The Labute approximate surface area is 150 Å². The Kier molecular flexibility index (Phi) is 5.51. The molecule has 25 heavy (non-hydrogen) atoms. The van der Waals surface area contributed by atoms with Crippen LogP contribution in [0.4, 0.5) is 5.69 Å². The number of nitrogens with one attached hydrogen (secondary N) is 1. The van der Waals surface area contributed by atoms with E-state index < -0.39 is 0 Å². The van der Waals surface area contributed by atoms with Crippen molar-refractivity contribution in [3.63, 3.8) is 0 Å². The summed E-state index contributed by atoms with van der Waals surface area (Å²) in [5, 5.41) is 21.2. The minimum absolute atomic E-state index is 0.118. The van der Waals surface area contributed by atoms with Crippen LogP contribution < -0.4 is 5.32 Å². The van der Waals surface area contributed by atoms with Crippen molar-refractivity contribution >= 4 is 23.4 Å². The largest absolute Gasteiger partial charge is 0.325 e. The summed E-state index contributed by atoms with van der Waals surface area (Å²) in [4.78, 5) is 12.1. The standard InChI is InChI=1S/C18H19N5OS/c1-2-10-23-17(13-7-8-13)21-22-18(23)25-11-9-16(24)20-15-6-4-3-5-14(15)12-19/h2-6,13H,1,7-11H2,(H,20,24). The summed E-state index contributed by atoms with van der Waals surface area (Å²) >= 11 is 1.52. The third kappa shape index (κ3) is 4.28. The molecule has 128 valence electrons. The smallest absolute Gasteiger partial charge is 0.225 e. The predicted molar refractivity (Wildman–Crippen MR) is 97.3 cm³/mol. The molecular formula is C18H19N5OS. The first kappa shape index (κ1) is 17.2. The number of benzene rings is 1. The minimum atomic E-state index is -0.118. The number of allylic oxidation sites excluding steroid dienone is 1. The lowest BCUT2D eigenvalue weighted by Gasteiger charge is -2.08. The number of carbonyl (C=O) groups excluding carboxylic acids is 1. The monoisotopic (exact) mass is 353 g/mol. The van der Waals surface area contributed by atoms with E-state index in [1.165, 1.54) is 24.6 Å². The Morgan fingerprint density at radius 3 is 2.96 bits per heavy atom. The van der Waals surface area contributed by atoms with Crippen LogP contribution in [-0.2, 0) is 11.3 Å². The lowest BCUT2D eigenvalue weighted by molar-refractivity contribution is -0.115.